The third-order valence-corrected chi connectivity index (χ3v) is 4.67. The van der Waals surface area contributed by atoms with Crippen LogP contribution in [0.3, 0.4) is 0 Å². The van der Waals surface area contributed by atoms with Crippen molar-refractivity contribution in [2.45, 2.75) is 44.9 Å². The van der Waals surface area contributed by atoms with Gasteiger partial charge in [0.1, 0.15) is 12.3 Å². The van der Waals surface area contributed by atoms with Crippen LogP contribution in [0.4, 0.5) is 0 Å². The van der Waals surface area contributed by atoms with Gasteiger partial charge in [0.25, 0.3) is 0 Å². The quantitative estimate of drug-likeness (QED) is 0.249. The van der Waals surface area contributed by atoms with Crippen LogP contribution in [0.2, 0.25) is 0 Å². The Bertz CT molecular complexity index is 526. The maximum absolute atomic E-state index is 11.8. The molecule has 0 spiro atoms. The van der Waals surface area contributed by atoms with Gasteiger partial charge >= 0.3 is 0 Å². The Hall–Kier alpha value is -1.25. The second kappa shape index (κ2) is 13.0. The van der Waals surface area contributed by atoms with Crippen molar-refractivity contribution in [1.29, 1.82) is 0 Å². The molecule has 1 amide bonds. The number of furan rings is 1. The van der Waals surface area contributed by atoms with Crippen molar-refractivity contribution in [2.75, 3.05) is 33.7 Å². The summed E-state index contributed by atoms with van der Waals surface area (Å²) in [5, 5.41) is 6.64. The molecule has 7 heteroatoms. The van der Waals surface area contributed by atoms with E-state index in [9.17, 15) is 4.79 Å². The Morgan fingerprint density at radius 2 is 2.00 bits per heavy atom. The van der Waals surface area contributed by atoms with Crippen LogP contribution in [0.1, 0.15) is 44.3 Å². The highest BCUT2D eigenvalue weighted by atomic mass is 127. The average molecular weight is 476 g/mol. The maximum Gasteiger partial charge on any atom is 0.243 e. The van der Waals surface area contributed by atoms with Crippen LogP contribution in [0.25, 0.3) is 0 Å². The van der Waals surface area contributed by atoms with Gasteiger partial charge in [0, 0.05) is 33.6 Å². The predicted octanol–water partition coefficient (Wildman–Crippen LogP) is 3.03. The van der Waals surface area contributed by atoms with Gasteiger partial charge in [-0.05, 0) is 30.9 Å². The fourth-order valence-electron chi connectivity index (χ4n) is 3.12. The van der Waals surface area contributed by atoms with Gasteiger partial charge in [-0.15, -0.1) is 24.0 Å². The summed E-state index contributed by atoms with van der Waals surface area (Å²) < 4.78 is 5.34. The number of carbonyl (C=O) groups is 1. The molecule has 0 aromatic carbocycles. The maximum atomic E-state index is 11.8. The van der Waals surface area contributed by atoms with E-state index in [1.54, 1.807) is 25.3 Å². The lowest BCUT2D eigenvalue weighted by molar-refractivity contribution is -0.127. The number of halogens is 1. The van der Waals surface area contributed by atoms with Crippen molar-refractivity contribution in [2.24, 2.45) is 10.9 Å². The third-order valence-electron chi connectivity index (χ3n) is 4.67. The van der Waals surface area contributed by atoms with Crippen molar-refractivity contribution in [3.05, 3.63) is 24.2 Å². The molecular formula is C19H33IN4O2. The van der Waals surface area contributed by atoms with E-state index in [1.165, 1.54) is 32.1 Å². The topological polar surface area (TPSA) is 69.9 Å². The highest BCUT2D eigenvalue weighted by molar-refractivity contribution is 14.0. The minimum absolute atomic E-state index is 0. The number of nitrogens with one attached hydrogen (secondary N) is 2. The van der Waals surface area contributed by atoms with Gasteiger partial charge in [-0.1, -0.05) is 25.7 Å². The zero-order valence-corrected chi connectivity index (χ0v) is 18.3. The van der Waals surface area contributed by atoms with Crippen molar-refractivity contribution >= 4 is 35.8 Å². The minimum atomic E-state index is -0.00177. The normalized spacial score (nSPS) is 14.8. The number of likely N-dealkylation sites (N-methyl/N-ethyl adjacent to an activating group) is 1. The number of hydrogen-bond acceptors (Lipinski definition) is 3. The van der Waals surface area contributed by atoms with Crippen LogP contribution < -0.4 is 10.6 Å². The summed E-state index contributed by atoms with van der Waals surface area (Å²) in [4.78, 5) is 17.7. The molecule has 0 unspecified atom stereocenters. The number of guanidine groups is 1. The fraction of sp³-hybridized carbons (Fsp3) is 0.684. The Morgan fingerprint density at radius 3 is 2.65 bits per heavy atom. The number of nitrogens with zero attached hydrogens (tertiary/aromatic N) is 2. The van der Waals surface area contributed by atoms with Crippen LogP contribution in [-0.2, 0) is 11.2 Å². The molecule has 2 N–H and O–H groups in total. The molecule has 1 heterocycles. The third kappa shape index (κ3) is 8.91. The Labute approximate surface area is 174 Å². The van der Waals surface area contributed by atoms with E-state index < -0.39 is 0 Å². The largest absolute Gasteiger partial charge is 0.469 e. The molecule has 2 rings (SSSR count). The number of carbonyl (C=O) groups excluding carboxylic acids is 1. The van der Waals surface area contributed by atoms with Gasteiger partial charge in [-0.3, -0.25) is 4.79 Å². The SMILES string of the molecule is CN(C)C(=O)CN=C(NCCCC1CCCC1)NCCc1ccco1.I. The van der Waals surface area contributed by atoms with Crippen molar-refractivity contribution in [3.63, 3.8) is 0 Å². The molecule has 1 fully saturated rings. The summed E-state index contributed by atoms with van der Waals surface area (Å²) in [6.07, 6.45) is 10.5. The molecule has 1 aliphatic carbocycles. The van der Waals surface area contributed by atoms with Crippen molar-refractivity contribution < 1.29 is 9.21 Å². The van der Waals surface area contributed by atoms with E-state index >= 15 is 0 Å². The molecule has 6 nitrogen and oxygen atoms in total. The first kappa shape index (κ1) is 22.8. The zero-order chi connectivity index (χ0) is 17.9. The van der Waals surface area contributed by atoms with Crippen LogP contribution in [-0.4, -0.2) is 50.5 Å². The summed E-state index contributed by atoms with van der Waals surface area (Å²) in [6.45, 7) is 1.77. The summed E-state index contributed by atoms with van der Waals surface area (Å²) in [5.74, 6) is 2.55. The van der Waals surface area contributed by atoms with E-state index in [0.29, 0.717) is 5.96 Å². The standard InChI is InChI=1S/C19H32N4O2.HI/c1-23(2)18(24)15-22-19(21-13-11-17-10-6-14-25-17)20-12-5-9-16-7-3-4-8-16;/h6,10,14,16H,3-5,7-9,11-13,15H2,1-2H3,(H2,20,21,22);1H. The molecule has 26 heavy (non-hydrogen) atoms. The molecular weight excluding hydrogens is 443 g/mol. The number of aliphatic imine (C=N–C) groups is 1. The number of hydrogen-bond donors (Lipinski definition) is 2. The number of rotatable bonds is 9. The van der Waals surface area contributed by atoms with E-state index in [4.69, 9.17) is 4.42 Å². The highest BCUT2D eigenvalue weighted by Gasteiger charge is 2.14. The molecule has 1 saturated carbocycles. The van der Waals surface area contributed by atoms with Crippen LogP contribution in [0, 0.1) is 5.92 Å². The summed E-state index contributed by atoms with van der Waals surface area (Å²) >= 11 is 0. The lowest BCUT2D eigenvalue weighted by atomic mass is 10.0. The molecule has 0 bridgehead atoms. The van der Waals surface area contributed by atoms with Crippen LogP contribution in [0.15, 0.2) is 27.8 Å². The minimum Gasteiger partial charge on any atom is -0.469 e. The second-order valence-corrected chi connectivity index (χ2v) is 6.93. The smallest absolute Gasteiger partial charge is 0.243 e. The first-order valence-corrected chi connectivity index (χ1v) is 9.40. The molecule has 0 saturated heterocycles. The molecule has 1 aromatic heterocycles. The van der Waals surface area contributed by atoms with Gasteiger partial charge in [-0.2, -0.15) is 0 Å². The highest BCUT2D eigenvalue weighted by Crippen LogP contribution is 2.28. The van der Waals surface area contributed by atoms with Gasteiger partial charge in [-0.25, -0.2) is 4.99 Å². The monoisotopic (exact) mass is 476 g/mol. The fourth-order valence-corrected chi connectivity index (χ4v) is 3.12. The molecule has 1 aliphatic rings. The van der Waals surface area contributed by atoms with E-state index in [-0.39, 0.29) is 36.4 Å². The van der Waals surface area contributed by atoms with E-state index in [0.717, 1.165) is 37.6 Å². The summed E-state index contributed by atoms with van der Waals surface area (Å²) in [6, 6.07) is 3.85. The lowest BCUT2D eigenvalue weighted by Crippen LogP contribution is -2.40. The molecule has 148 valence electrons. The number of amides is 1. The van der Waals surface area contributed by atoms with Crippen molar-refractivity contribution in [3.8, 4) is 0 Å². The first-order chi connectivity index (χ1) is 12.1. The molecule has 0 radical (unpaired) electrons. The van der Waals surface area contributed by atoms with Crippen LogP contribution in [0.5, 0.6) is 0 Å². The Morgan fingerprint density at radius 1 is 1.27 bits per heavy atom. The van der Waals surface area contributed by atoms with Crippen LogP contribution >= 0.6 is 24.0 Å². The summed E-state index contributed by atoms with van der Waals surface area (Å²) in [7, 11) is 3.49. The van der Waals surface area contributed by atoms with E-state index in [1.807, 2.05) is 12.1 Å². The molecule has 1 aromatic rings. The lowest BCUT2D eigenvalue weighted by Gasteiger charge is -2.14. The first-order valence-electron chi connectivity index (χ1n) is 9.40. The van der Waals surface area contributed by atoms with Gasteiger partial charge in [0.2, 0.25) is 5.91 Å². The second-order valence-electron chi connectivity index (χ2n) is 6.93. The Balaban J connectivity index is 0.00000338. The van der Waals surface area contributed by atoms with Gasteiger partial charge in [0.05, 0.1) is 6.26 Å². The Kier molecular flexibility index (Phi) is 11.4. The van der Waals surface area contributed by atoms with Crippen molar-refractivity contribution in [1.82, 2.24) is 15.5 Å². The predicted molar refractivity (Wildman–Crippen MR) is 116 cm³/mol. The van der Waals surface area contributed by atoms with E-state index in [2.05, 4.69) is 15.6 Å². The molecule has 0 aliphatic heterocycles. The zero-order valence-electron chi connectivity index (χ0n) is 16.0. The molecule has 0 atom stereocenters. The summed E-state index contributed by atoms with van der Waals surface area (Å²) in [5.41, 5.74) is 0. The average Bonchev–Trinajstić information content (AvgIpc) is 3.29. The van der Waals surface area contributed by atoms with Gasteiger partial charge in [0.15, 0.2) is 5.96 Å². The van der Waals surface area contributed by atoms with Gasteiger partial charge < -0.3 is 20.0 Å².